The van der Waals surface area contributed by atoms with Crippen molar-refractivity contribution in [3.05, 3.63) is 12.2 Å². The number of allylic oxidation sites excluding steroid dienone is 1. The minimum absolute atomic E-state index is 0.0461. The fraction of sp³-hybridized carbons (Fsp3) is 0.636. The molecule has 0 aliphatic carbocycles. The second-order valence-corrected chi connectivity index (χ2v) is 3.79. The van der Waals surface area contributed by atoms with Gasteiger partial charge in [-0.25, -0.2) is 0 Å². The first kappa shape index (κ1) is 11.8. The molecule has 1 aliphatic rings. The van der Waals surface area contributed by atoms with E-state index in [-0.39, 0.29) is 12.0 Å². The molecule has 4 nitrogen and oxygen atoms in total. The van der Waals surface area contributed by atoms with Crippen LogP contribution in [-0.4, -0.2) is 36.3 Å². The molecule has 0 spiro atoms. The van der Waals surface area contributed by atoms with E-state index < -0.39 is 0 Å². The summed E-state index contributed by atoms with van der Waals surface area (Å²) in [5.41, 5.74) is 1.06. The molecule has 0 bridgehead atoms. The van der Waals surface area contributed by atoms with Crippen molar-refractivity contribution >= 4 is 11.6 Å². The Morgan fingerprint density at radius 3 is 2.80 bits per heavy atom. The summed E-state index contributed by atoms with van der Waals surface area (Å²) in [7, 11) is 1.88. The molecule has 0 saturated carbocycles. The molecule has 1 heterocycles. The van der Waals surface area contributed by atoms with Crippen molar-refractivity contribution in [1.82, 2.24) is 5.01 Å². The van der Waals surface area contributed by atoms with Gasteiger partial charge in [0.2, 0.25) is 5.90 Å². The van der Waals surface area contributed by atoms with Gasteiger partial charge in [0, 0.05) is 18.7 Å². The highest BCUT2D eigenvalue weighted by atomic mass is 16.5. The van der Waals surface area contributed by atoms with Gasteiger partial charge in [0.05, 0.1) is 0 Å². The maximum atomic E-state index is 7.84. The second-order valence-electron chi connectivity index (χ2n) is 3.79. The first-order chi connectivity index (χ1) is 7.07. The third kappa shape index (κ3) is 2.58. The van der Waals surface area contributed by atoms with E-state index in [9.17, 15) is 0 Å². The molecule has 0 aromatic rings. The van der Waals surface area contributed by atoms with Crippen molar-refractivity contribution in [3.8, 4) is 0 Å². The molecule has 84 valence electrons. The van der Waals surface area contributed by atoms with Crippen LogP contribution < -0.4 is 0 Å². The van der Waals surface area contributed by atoms with Crippen LogP contribution in [0.3, 0.4) is 0 Å². The Bertz CT molecular complexity index is 296. The summed E-state index contributed by atoms with van der Waals surface area (Å²) in [4.78, 5) is 0. The van der Waals surface area contributed by atoms with Crippen LogP contribution in [0.25, 0.3) is 0 Å². The summed E-state index contributed by atoms with van der Waals surface area (Å²) in [5, 5.41) is 14.0. The largest absolute Gasteiger partial charge is 0.475 e. The number of nitrogens with one attached hydrogen (secondary N) is 1. The molecule has 1 aliphatic heterocycles. The van der Waals surface area contributed by atoms with Crippen molar-refractivity contribution in [2.24, 2.45) is 11.0 Å². The van der Waals surface area contributed by atoms with E-state index in [0.29, 0.717) is 12.5 Å². The lowest BCUT2D eigenvalue weighted by molar-refractivity contribution is 0.246. The zero-order chi connectivity index (χ0) is 11.4. The van der Waals surface area contributed by atoms with E-state index >= 15 is 0 Å². The fourth-order valence-electron chi connectivity index (χ4n) is 1.67. The summed E-state index contributed by atoms with van der Waals surface area (Å²) in [5.74, 6) is 0.553. The Balaban J connectivity index is 2.54. The zero-order valence-electron chi connectivity index (χ0n) is 9.82. The third-order valence-corrected chi connectivity index (χ3v) is 2.69. The number of ether oxygens (including phenoxy) is 1. The normalized spacial score (nSPS) is 25.9. The van der Waals surface area contributed by atoms with Gasteiger partial charge < -0.3 is 4.74 Å². The van der Waals surface area contributed by atoms with Crippen LogP contribution in [0.15, 0.2) is 17.3 Å². The van der Waals surface area contributed by atoms with Crippen molar-refractivity contribution in [1.29, 1.82) is 5.41 Å². The Labute approximate surface area is 91.1 Å². The molecule has 0 fully saturated rings. The molecule has 1 rings (SSSR count). The van der Waals surface area contributed by atoms with Crippen LogP contribution >= 0.6 is 0 Å². The van der Waals surface area contributed by atoms with E-state index in [1.165, 1.54) is 0 Å². The van der Waals surface area contributed by atoms with Crippen LogP contribution in [0, 0.1) is 11.3 Å². The minimum Gasteiger partial charge on any atom is -0.475 e. The van der Waals surface area contributed by atoms with Crippen molar-refractivity contribution in [2.75, 3.05) is 13.7 Å². The van der Waals surface area contributed by atoms with E-state index in [2.05, 4.69) is 12.0 Å². The van der Waals surface area contributed by atoms with Gasteiger partial charge in [-0.15, -0.1) is 0 Å². The molecule has 0 saturated heterocycles. The van der Waals surface area contributed by atoms with E-state index in [4.69, 9.17) is 10.1 Å². The predicted molar refractivity (Wildman–Crippen MR) is 62.3 cm³/mol. The van der Waals surface area contributed by atoms with Crippen molar-refractivity contribution < 1.29 is 4.74 Å². The lowest BCUT2D eigenvalue weighted by atomic mass is 9.99. The van der Waals surface area contributed by atoms with E-state index in [1.54, 1.807) is 5.01 Å². The summed E-state index contributed by atoms with van der Waals surface area (Å²) in [6.45, 7) is 6.46. The minimum atomic E-state index is -0.0461. The molecule has 1 N–H and O–H groups in total. The van der Waals surface area contributed by atoms with E-state index in [1.807, 2.05) is 33.0 Å². The van der Waals surface area contributed by atoms with Crippen molar-refractivity contribution in [3.63, 3.8) is 0 Å². The van der Waals surface area contributed by atoms with Gasteiger partial charge in [0.1, 0.15) is 12.6 Å². The first-order valence-electron chi connectivity index (χ1n) is 5.18. The standard InChI is InChI=1S/C11H19N3O/c1-5-6-7-15-11(12)10-8(2)9(3)13-14(10)4/h5-6,8,10,12H,7H2,1-4H3/b6-5-,12-11?. The topological polar surface area (TPSA) is 48.7 Å². The maximum absolute atomic E-state index is 7.84. The van der Waals surface area contributed by atoms with Crippen LogP contribution in [-0.2, 0) is 4.74 Å². The Morgan fingerprint density at radius 1 is 1.67 bits per heavy atom. The molecule has 2 atom stereocenters. The molecule has 0 amide bonds. The molecule has 4 heteroatoms. The molecular weight excluding hydrogens is 190 g/mol. The molecular formula is C11H19N3O. The molecule has 2 unspecified atom stereocenters. The summed E-state index contributed by atoms with van der Waals surface area (Å²) in [6, 6.07) is -0.0461. The molecule has 0 radical (unpaired) electrons. The van der Waals surface area contributed by atoms with Gasteiger partial charge in [-0.3, -0.25) is 10.4 Å². The second kappa shape index (κ2) is 4.96. The number of nitrogens with zero attached hydrogens (tertiary/aromatic N) is 2. The monoisotopic (exact) mass is 209 g/mol. The quantitative estimate of drug-likeness (QED) is 0.438. The lowest BCUT2D eigenvalue weighted by Crippen LogP contribution is -2.38. The van der Waals surface area contributed by atoms with Gasteiger partial charge in [0.15, 0.2) is 0 Å². The van der Waals surface area contributed by atoms with Gasteiger partial charge in [-0.05, 0) is 13.8 Å². The van der Waals surface area contributed by atoms with Gasteiger partial charge in [-0.1, -0.05) is 19.1 Å². The zero-order valence-corrected chi connectivity index (χ0v) is 9.82. The predicted octanol–water partition coefficient (Wildman–Crippen LogP) is 1.88. The number of hydrazone groups is 1. The average Bonchev–Trinajstić information content (AvgIpc) is 2.41. The SMILES string of the molecule is C/C=C\COC(=N)C1C(C)C(C)=NN1C. The van der Waals surface area contributed by atoms with Crippen LogP contribution in [0.4, 0.5) is 0 Å². The number of rotatable bonds is 3. The van der Waals surface area contributed by atoms with E-state index in [0.717, 1.165) is 5.71 Å². The Morgan fingerprint density at radius 2 is 2.33 bits per heavy atom. The van der Waals surface area contributed by atoms with Gasteiger partial charge in [-0.2, -0.15) is 5.10 Å². The number of hydrogen-bond acceptors (Lipinski definition) is 4. The Hall–Kier alpha value is -1.32. The first-order valence-corrected chi connectivity index (χ1v) is 5.18. The molecule has 0 aromatic carbocycles. The highest BCUT2D eigenvalue weighted by Crippen LogP contribution is 2.21. The highest BCUT2D eigenvalue weighted by molar-refractivity contribution is 5.93. The highest BCUT2D eigenvalue weighted by Gasteiger charge is 2.34. The molecule has 0 aromatic heterocycles. The maximum Gasteiger partial charge on any atom is 0.206 e. The molecule has 15 heavy (non-hydrogen) atoms. The van der Waals surface area contributed by atoms with Crippen LogP contribution in [0.2, 0.25) is 0 Å². The van der Waals surface area contributed by atoms with Crippen LogP contribution in [0.1, 0.15) is 20.8 Å². The van der Waals surface area contributed by atoms with Crippen molar-refractivity contribution in [2.45, 2.75) is 26.8 Å². The van der Waals surface area contributed by atoms with Crippen LogP contribution in [0.5, 0.6) is 0 Å². The lowest BCUT2D eigenvalue weighted by Gasteiger charge is -2.22. The average molecular weight is 209 g/mol. The summed E-state index contributed by atoms with van der Waals surface area (Å²) in [6.07, 6.45) is 3.80. The van der Waals surface area contributed by atoms with Gasteiger partial charge >= 0.3 is 0 Å². The number of likely N-dealkylation sites (N-methyl/N-ethyl adjacent to an activating group) is 1. The fourth-order valence-corrected chi connectivity index (χ4v) is 1.67. The van der Waals surface area contributed by atoms with Gasteiger partial charge in [0.25, 0.3) is 0 Å². The smallest absolute Gasteiger partial charge is 0.206 e. The third-order valence-electron chi connectivity index (χ3n) is 2.69. The Kier molecular flexibility index (Phi) is 3.88. The summed E-state index contributed by atoms with van der Waals surface area (Å²) < 4.78 is 5.34. The summed E-state index contributed by atoms with van der Waals surface area (Å²) >= 11 is 0. The number of hydrogen-bond donors (Lipinski definition) is 1.